The fraction of sp³-hybridized carbons (Fsp3) is 0.333. The molecule has 0 aliphatic carbocycles. The molecule has 0 N–H and O–H groups in total. The maximum Gasteiger partial charge on any atom is 0.266 e. The number of carbonyl (C=O) groups excluding carboxylic acids is 2. The number of ether oxygens (including phenoxy) is 1. The Balaban J connectivity index is 1.59. The number of likely N-dealkylation sites (N-methyl/N-ethyl adjacent to an activating group) is 1. The van der Waals surface area contributed by atoms with E-state index in [0.29, 0.717) is 35.2 Å². The number of fused-ring (bicyclic) bond motifs is 1. The number of likely N-dealkylation sites (tertiary alicyclic amines) is 1. The van der Waals surface area contributed by atoms with Gasteiger partial charge in [0.25, 0.3) is 11.8 Å². The van der Waals surface area contributed by atoms with Gasteiger partial charge in [-0.05, 0) is 50.7 Å². The number of hydrogen-bond acceptors (Lipinski definition) is 4. The van der Waals surface area contributed by atoms with Gasteiger partial charge in [-0.25, -0.2) is 4.90 Å². The molecule has 0 bridgehead atoms. The zero-order chi connectivity index (χ0) is 18.1. The SMILES string of the molecule is CN1CCCCC1COc1ccccc1N1C(=O)c2ccccc2C1=O. The number of carbonyl (C=O) groups is 2. The second kappa shape index (κ2) is 6.92. The van der Waals surface area contributed by atoms with Gasteiger partial charge in [-0.3, -0.25) is 9.59 Å². The molecular formula is C21H22N2O3. The molecule has 0 aromatic heterocycles. The van der Waals surface area contributed by atoms with E-state index >= 15 is 0 Å². The Labute approximate surface area is 153 Å². The molecule has 5 nitrogen and oxygen atoms in total. The summed E-state index contributed by atoms with van der Waals surface area (Å²) in [6.45, 7) is 1.63. The van der Waals surface area contributed by atoms with Crippen LogP contribution in [0.25, 0.3) is 0 Å². The lowest BCUT2D eigenvalue weighted by molar-refractivity contribution is 0.0923. The number of anilines is 1. The zero-order valence-corrected chi connectivity index (χ0v) is 14.9. The van der Waals surface area contributed by atoms with Gasteiger partial charge < -0.3 is 9.64 Å². The molecule has 2 aromatic rings. The Morgan fingerprint density at radius 1 is 0.962 bits per heavy atom. The monoisotopic (exact) mass is 350 g/mol. The van der Waals surface area contributed by atoms with Crippen molar-refractivity contribution in [2.45, 2.75) is 25.3 Å². The van der Waals surface area contributed by atoms with Crippen molar-refractivity contribution in [1.29, 1.82) is 0 Å². The van der Waals surface area contributed by atoms with Gasteiger partial charge >= 0.3 is 0 Å². The number of piperidine rings is 1. The summed E-state index contributed by atoms with van der Waals surface area (Å²) >= 11 is 0. The molecule has 134 valence electrons. The van der Waals surface area contributed by atoms with E-state index in [9.17, 15) is 9.59 Å². The second-order valence-electron chi connectivity index (χ2n) is 6.90. The number of nitrogens with zero attached hydrogens (tertiary/aromatic N) is 2. The average molecular weight is 350 g/mol. The lowest BCUT2D eigenvalue weighted by atomic mass is 10.0. The molecule has 26 heavy (non-hydrogen) atoms. The zero-order valence-electron chi connectivity index (χ0n) is 14.9. The van der Waals surface area contributed by atoms with Crippen LogP contribution in [0.3, 0.4) is 0 Å². The minimum absolute atomic E-state index is 0.295. The lowest BCUT2D eigenvalue weighted by Gasteiger charge is -2.32. The molecule has 2 aliphatic heterocycles. The molecule has 0 spiro atoms. The van der Waals surface area contributed by atoms with Crippen LogP contribution in [0.15, 0.2) is 48.5 Å². The van der Waals surface area contributed by atoms with Gasteiger partial charge in [0.15, 0.2) is 0 Å². The van der Waals surface area contributed by atoms with Crippen LogP contribution in [0.5, 0.6) is 5.75 Å². The molecule has 1 saturated heterocycles. The van der Waals surface area contributed by atoms with E-state index in [-0.39, 0.29) is 11.8 Å². The summed E-state index contributed by atoms with van der Waals surface area (Å²) < 4.78 is 6.07. The van der Waals surface area contributed by atoms with Gasteiger partial charge in [0.2, 0.25) is 0 Å². The first-order valence-corrected chi connectivity index (χ1v) is 9.06. The van der Waals surface area contributed by atoms with Crippen molar-refractivity contribution >= 4 is 17.5 Å². The van der Waals surface area contributed by atoms with E-state index in [1.807, 2.05) is 18.2 Å². The van der Waals surface area contributed by atoms with E-state index in [0.717, 1.165) is 13.0 Å². The van der Waals surface area contributed by atoms with Gasteiger partial charge in [-0.2, -0.15) is 0 Å². The number of para-hydroxylation sites is 2. The number of amides is 2. The minimum atomic E-state index is -0.295. The normalized spacial score (nSPS) is 20.3. The summed E-state index contributed by atoms with van der Waals surface area (Å²) in [5.74, 6) is -0.0196. The minimum Gasteiger partial charge on any atom is -0.490 e. The number of benzene rings is 2. The maximum absolute atomic E-state index is 12.8. The number of hydrogen-bond donors (Lipinski definition) is 0. The molecule has 4 rings (SSSR count). The van der Waals surface area contributed by atoms with E-state index in [4.69, 9.17) is 4.74 Å². The molecule has 0 saturated carbocycles. The molecule has 2 heterocycles. The standard InChI is InChI=1S/C21H22N2O3/c1-22-13-7-6-8-15(22)14-26-19-12-5-4-11-18(19)23-20(24)16-9-2-3-10-17(16)21(23)25/h2-5,9-12,15H,6-8,13-14H2,1H3. The van der Waals surface area contributed by atoms with Crippen molar-refractivity contribution in [3.63, 3.8) is 0 Å². The van der Waals surface area contributed by atoms with E-state index in [2.05, 4.69) is 11.9 Å². The van der Waals surface area contributed by atoms with Crippen molar-refractivity contribution in [3.05, 3.63) is 59.7 Å². The third-order valence-electron chi connectivity index (χ3n) is 5.25. The largest absolute Gasteiger partial charge is 0.490 e. The summed E-state index contributed by atoms with van der Waals surface area (Å²) in [4.78, 5) is 29.1. The predicted molar refractivity (Wildman–Crippen MR) is 99.8 cm³/mol. The Bertz CT molecular complexity index is 814. The molecular weight excluding hydrogens is 328 g/mol. The van der Waals surface area contributed by atoms with Crippen LogP contribution in [-0.4, -0.2) is 43.0 Å². The molecule has 2 aliphatic rings. The Morgan fingerprint density at radius 3 is 2.31 bits per heavy atom. The highest BCUT2D eigenvalue weighted by molar-refractivity contribution is 6.34. The Hall–Kier alpha value is -2.66. The van der Waals surface area contributed by atoms with Gasteiger partial charge in [0.05, 0.1) is 16.8 Å². The highest BCUT2D eigenvalue weighted by Gasteiger charge is 2.37. The molecule has 1 unspecified atom stereocenters. The summed E-state index contributed by atoms with van der Waals surface area (Å²) in [6, 6.07) is 14.6. The Morgan fingerprint density at radius 2 is 1.62 bits per heavy atom. The molecule has 2 aromatic carbocycles. The predicted octanol–water partition coefficient (Wildman–Crippen LogP) is 3.35. The molecule has 1 fully saturated rings. The van der Waals surface area contributed by atoms with Crippen molar-refractivity contribution < 1.29 is 14.3 Å². The smallest absolute Gasteiger partial charge is 0.266 e. The van der Waals surface area contributed by atoms with Crippen LogP contribution >= 0.6 is 0 Å². The average Bonchev–Trinajstić information content (AvgIpc) is 2.92. The van der Waals surface area contributed by atoms with E-state index in [1.54, 1.807) is 30.3 Å². The van der Waals surface area contributed by atoms with Crippen molar-refractivity contribution in [2.75, 3.05) is 25.1 Å². The van der Waals surface area contributed by atoms with Gasteiger partial charge in [-0.15, -0.1) is 0 Å². The van der Waals surface area contributed by atoms with Crippen molar-refractivity contribution in [3.8, 4) is 5.75 Å². The molecule has 2 amide bonds. The van der Waals surface area contributed by atoms with Gasteiger partial charge in [0.1, 0.15) is 12.4 Å². The van der Waals surface area contributed by atoms with Crippen LogP contribution in [0.1, 0.15) is 40.0 Å². The van der Waals surface area contributed by atoms with Crippen molar-refractivity contribution in [2.24, 2.45) is 0 Å². The quantitative estimate of drug-likeness (QED) is 0.794. The summed E-state index contributed by atoms with van der Waals surface area (Å²) in [7, 11) is 2.11. The Kier molecular flexibility index (Phi) is 4.47. The molecule has 1 atom stereocenters. The summed E-state index contributed by atoms with van der Waals surface area (Å²) in [6.07, 6.45) is 3.53. The number of imide groups is 1. The first-order chi connectivity index (χ1) is 12.7. The summed E-state index contributed by atoms with van der Waals surface area (Å²) in [5, 5.41) is 0. The highest BCUT2D eigenvalue weighted by atomic mass is 16.5. The molecule has 0 radical (unpaired) electrons. The maximum atomic E-state index is 12.8. The van der Waals surface area contributed by atoms with E-state index in [1.165, 1.54) is 17.7 Å². The fourth-order valence-electron chi connectivity index (χ4n) is 3.71. The first-order valence-electron chi connectivity index (χ1n) is 9.06. The van der Waals surface area contributed by atoms with Crippen LogP contribution in [0.4, 0.5) is 5.69 Å². The first kappa shape index (κ1) is 16.8. The third-order valence-corrected chi connectivity index (χ3v) is 5.25. The van der Waals surface area contributed by atoms with Crippen LogP contribution in [0, 0.1) is 0 Å². The van der Waals surface area contributed by atoms with Crippen LogP contribution in [0.2, 0.25) is 0 Å². The van der Waals surface area contributed by atoms with E-state index < -0.39 is 0 Å². The summed E-state index contributed by atoms with van der Waals surface area (Å²) in [5.41, 5.74) is 1.40. The number of rotatable bonds is 4. The van der Waals surface area contributed by atoms with Gasteiger partial charge in [0, 0.05) is 6.04 Å². The lowest BCUT2D eigenvalue weighted by Crippen LogP contribution is -2.40. The fourth-order valence-corrected chi connectivity index (χ4v) is 3.71. The third kappa shape index (κ3) is 2.88. The molecule has 5 heteroatoms. The van der Waals surface area contributed by atoms with Crippen molar-refractivity contribution in [1.82, 2.24) is 4.90 Å². The van der Waals surface area contributed by atoms with Crippen LogP contribution in [-0.2, 0) is 0 Å². The van der Waals surface area contributed by atoms with Gasteiger partial charge in [-0.1, -0.05) is 30.7 Å². The topological polar surface area (TPSA) is 49.9 Å². The highest BCUT2D eigenvalue weighted by Crippen LogP contribution is 2.35. The van der Waals surface area contributed by atoms with Crippen LogP contribution < -0.4 is 9.64 Å². The second-order valence-corrected chi connectivity index (χ2v) is 6.90.